The molecule has 0 unspecified atom stereocenters. The second-order valence-corrected chi connectivity index (χ2v) is 2.47. The summed E-state index contributed by atoms with van der Waals surface area (Å²) in [5.41, 5.74) is 0.113. The van der Waals surface area contributed by atoms with Crippen LogP contribution in [0.3, 0.4) is 0 Å². The monoisotopic (exact) mass is 198 g/mol. The van der Waals surface area contributed by atoms with Gasteiger partial charge in [-0.05, 0) is 0 Å². The van der Waals surface area contributed by atoms with Crippen molar-refractivity contribution in [1.29, 1.82) is 5.26 Å². The first-order valence-corrected chi connectivity index (χ1v) is 3.97. The lowest BCUT2D eigenvalue weighted by Gasteiger charge is -2.04. The largest absolute Gasteiger partial charge is 0.367 e. The summed E-state index contributed by atoms with van der Waals surface area (Å²) in [4.78, 5) is 7.53. The van der Waals surface area contributed by atoms with Crippen molar-refractivity contribution >= 4 is 5.82 Å². The molecule has 1 aromatic rings. The minimum atomic E-state index is -2.36. The molecule has 74 valence electrons. The van der Waals surface area contributed by atoms with Crippen molar-refractivity contribution in [3.63, 3.8) is 0 Å². The Kier molecular flexibility index (Phi) is 3.73. The molecule has 0 aliphatic rings. The van der Waals surface area contributed by atoms with E-state index in [1.54, 1.807) is 0 Å². The number of hydrogen-bond acceptors (Lipinski definition) is 4. The van der Waals surface area contributed by atoms with Gasteiger partial charge in [0.05, 0.1) is 0 Å². The van der Waals surface area contributed by atoms with E-state index in [4.69, 9.17) is 5.26 Å². The Morgan fingerprint density at radius 2 is 2.14 bits per heavy atom. The highest BCUT2D eigenvalue weighted by molar-refractivity contribution is 5.46. The number of nitrogens with zero attached hydrogens (tertiary/aromatic N) is 3. The zero-order valence-corrected chi connectivity index (χ0v) is 7.24. The van der Waals surface area contributed by atoms with E-state index in [-0.39, 0.29) is 24.5 Å². The average molecular weight is 198 g/mol. The summed E-state index contributed by atoms with van der Waals surface area (Å²) in [5.74, 6) is 0.246. The zero-order valence-electron chi connectivity index (χ0n) is 7.24. The summed E-state index contributed by atoms with van der Waals surface area (Å²) < 4.78 is 23.6. The Morgan fingerprint density at radius 3 is 2.79 bits per heavy atom. The first kappa shape index (κ1) is 10.3. The van der Waals surface area contributed by atoms with Crippen molar-refractivity contribution < 1.29 is 8.78 Å². The minimum Gasteiger partial charge on any atom is -0.367 e. The van der Waals surface area contributed by atoms with Gasteiger partial charge in [-0.2, -0.15) is 5.26 Å². The first-order valence-electron chi connectivity index (χ1n) is 3.97. The van der Waals surface area contributed by atoms with Gasteiger partial charge in [-0.1, -0.05) is 0 Å². The summed E-state index contributed by atoms with van der Waals surface area (Å²) in [7, 11) is 0. The van der Waals surface area contributed by atoms with E-state index in [0.717, 1.165) is 0 Å². The molecule has 0 spiro atoms. The molecule has 1 heterocycles. The molecule has 0 atom stereocenters. The van der Waals surface area contributed by atoms with E-state index in [2.05, 4.69) is 15.3 Å². The molecule has 0 fully saturated rings. The second-order valence-electron chi connectivity index (χ2n) is 2.47. The topological polar surface area (TPSA) is 61.6 Å². The SMILES string of the molecule is N#Cc1nccnc1NCCC(F)F. The fourth-order valence-corrected chi connectivity index (χ4v) is 0.849. The molecule has 1 aromatic heterocycles. The molecular weight excluding hydrogens is 190 g/mol. The van der Waals surface area contributed by atoms with Crippen LogP contribution in [0.15, 0.2) is 12.4 Å². The lowest BCUT2D eigenvalue weighted by atomic mass is 10.4. The van der Waals surface area contributed by atoms with E-state index >= 15 is 0 Å². The molecule has 6 heteroatoms. The Bertz CT molecular complexity index is 334. The van der Waals surface area contributed by atoms with Crippen molar-refractivity contribution in [3.8, 4) is 6.07 Å². The molecule has 0 saturated carbocycles. The van der Waals surface area contributed by atoms with E-state index in [1.807, 2.05) is 6.07 Å². The van der Waals surface area contributed by atoms with Gasteiger partial charge >= 0.3 is 0 Å². The van der Waals surface area contributed by atoms with Crippen LogP contribution in [0, 0.1) is 11.3 Å². The predicted molar refractivity (Wildman–Crippen MR) is 45.9 cm³/mol. The summed E-state index contributed by atoms with van der Waals surface area (Å²) in [6.45, 7) is 0.0744. The van der Waals surface area contributed by atoms with Gasteiger partial charge in [0.1, 0.15) is 6.07 Å². The zero-order chi connectivity index (χ0) is 10.4. The highest BCUT2D eigenvalue weighted by Crippen LogP contribution is 2.07. The lowest BCUT2D eigenvalue weighted by Crippen LogP contribution is -2.09. The van der Waals surface area contributed by atoms with Gasteiger partial charge in [0, 0.05) is 25.4 Å². The summed E-state index contributed by atoms with van der Waals surface area (Å²) >= 11 is 0. The number of nitrogens with one attached hydrogen (secondary N) is 1. The fourth-order valence-electron chi connectivity index (χ4n) is 0.849. The van der Waals surface area contributed by atoms with Crippen molar-refractivity contribution in [2.45, 2.75) is 12.8 Å². The maximum absolute atomic E-state index is 11.8. The molecule has 14 heavy (non-hydrogen) atoms. The van der Waals surface area contributed by atoms with Gasteiger partial charge in [0.25, 0.3) is 0 Å². The number of hydrogen-bond donors (Lipinski definition) is 1. The Hall–Kier alpha value is -1.77. The van der Waals surface area contributed by atoms with Crippen LogP contribution < -0.4 is 5.32 Å². The Morgan fingerprint density at radius 1 is 1.43 bits per heavy atom. The molecular formula is C8H8F2N4. The molecule has 1 rings (SSSR count). The Balaban J connectivity index is 2.54. The summed E-state index contributed by atoms with van der Waals surface area (Å²) in [6.07, 6.45) is 0.133. The number of aromatic nitrogens is 2. The van der Waals surface area contributed by atoms with Gasteiger partial charge in [0.2, 0.25) is 6.43 Å². The number of rotatable bonds is 4. The van der Waals surface area contributed by atoms with Crippen molar-refractivity contribution in [1.82, 2.24) is 9.97 Å². The van der Waals surface area contributed by atoms with Gasteiger partial charge < -0.3 is 5.32 Å². The maximum Gasteiger partial charge on any atom is 0.240 e. The third kappa shape index (κ3) is 2.94. The Labute approximate surface area is 79.6 Å². The number of anilines is 1. The molecule has 0 aliphatic carbocycles. The predicted octanol–water partition coefficient (Wildman–Crippen LogP) is 1.42. The normalized spacial score (nSPS) is 9.86. The van der Waals surface area contributed by atoms with Crippen LogP contribution in [0.25, 0.3) is 0 Å². The molecule has 0 aliphatic heterocycles. The maximum atomic E-state index is 11.8. The van der Waals surface area contributed by atoms with Crippen molar-refractivity contribution in [3.05, 3.63) is 18.1 Å². The third-order valence-electron chi connectivity index (χ3n) is 1.46. The molecule has 4 nitrogen and oxygen atoms in total. The van der Waals surface area contributed by atoms with Crippen LogP contribution in [-0.2, 0) is 0 Å². The van der Waals surface area contributed by atoms with Crippen LogP contribution in [0.4, 0.5) is 14.6 Å². The number of alkyl halides is 2. The fraction of sp³-hybridized carbons (Fsp3) is 0.375. The summed E-state index contributed by atoms with van der Waals surface area (Å²) in [5, 5.41) is 11.2. The quantitative estimate of drug-likeness (QED) is 0.794. The molecule has 0 amide bonds. The highest BCUT2D eigenvalue weighted by Gasteiger charge is 2.05. The van der Waals surface area contributed by atoms with Crippen molar-refractivity contribution in [2.75, 3.05) is 11.9 Å². The van der Waals surface area contributed by atoms with Gasteiger partial charge in [-0.25, -0.2) is 18.7 Å². The molecule has 0 saturated heterocycles. The van der Waals surface area contributed by atoms with E-state index in [0.29, 0.717) is 0 Å². The van der Waals surface area contributed by atoms with Crippen LogP contribution in [0.1, 0.15) is 12.1 Å². The second kappa shape index (κ2) is 5.07. The van der Waals surface area contributed by atoms with Gasteiger partial charge in [0.15, 0.2) is 11.5 Å². The lowest BCUT2D eigenvalue weighted by molar-refractivity contribution is 0.142. The molecule has 0 bridgehead atoms. The average Bonchev–Trinajstić information content (AvgIpc) is 2.18. The minimum absolute atomic E-state index is 0.0744. The third-order valence-corrected chi connectivity index (χ3v) is 1.46. The van der Waals surface area contributed by atoms with Crippen LogP contribution >= 0.6 is 0 Å². The molecule has 0 radical (unpaired) electrons. The van der Waals surface area contributed by atoms with Gasteiger partial charge in [-0.15, -0.1) is 0 Å². The van der Waals surface area contributed by atoms with Crippen LogP contribution in [0.2, 0.25) is 0 Å². The summed E-state index contributed by atoms with van der Waals surface area (Å²) in [6, 6.07) is 1.81. The van der Waals surface area contributed by atoms with E-state index < -0.39 is 6.43 Å². The molecule has 0 aromatic carbocycles. The number of nitriles is 1. The standard InChI is InChI=1S/C8H8F2N4/c9-7(10)1-2-13-8-6(5-11)12-3-4-14-8/h3-4,7H,1-2H2,(H,13,14). The van der Waals surface area contributed by atoms with E-state index in [1.165, 1.54) is 12.4 Å². The first-order chi connectivity index (χ1) is 6.74. The smallest absolute Gasteiger partial charge is 0.240 e. The van der Waals surface area contributed by atoms with Crippen molar-refractivity contribution in [2.24, 2.45) is 0 Å². The number of halogens is 2. The van der Waals surface area contributed by atoms with Crippen LogP contribution in [-0.4, -0.2) is 22.9 Å². The van der Waals surface area contributed by atoms with E-state index in [9.17, 15) is 8.78 Å². The highest BCUT2D eigenvalue weighted by atomic mass is 19.3. The molecule has 1 N–H and O–H groups in total. The van der Waals surface area contributed by atoms with Gasteiger partial charge in [-0.3, -0.25) is 0 Å². The van der Waals surface area contributed by atoms with Crippen LogP contribution in [0.5, 0.6) is 0 Å².